The van der Waals surface area contributed by atoms with Crippen LogP contribution in [0.4, 0.5) is 5.69 Å². The van der Waals surface area contributed by atoms with Crippen molar-refractivity contribution in [3.8, 4) is 0 Å². The van der Waals surface area contributed by atoms with E-state index >= 15 is 0 Å². The maximum Gasteiger partial charge on any atom is 0.282 e. The first-order valence-electron chi connectivity index (χ1n) is 6.23. The van der Waals surface area contributed by atoms with E-state index in [1.165, 1.54) is 24.3 Å². The van der Waals surface area contributed by atoms with Crippen LogP contribution in [0.5, 0.6) is 0 Å². The second-order valence-corrected chi connectivity index (χ2v) is 8.32. The van der Waals surface area contributed by atoms with Crippen LogP contribution in [0, 0.1) is 10.1 Å². The number of alkyl halides is 2. The first-order valence-corrected chi connectivity index (χ1v) is 9.50. The van der Waals surface area contributed by atoms with Crippen molar-refractivity contribution >= 4 is 59.1 Å². The molecule has 0 saturated carbocycles. The maximum absolute atomic E-state index is 12.4. The van der Waals surface area contributed by atoms with Crippen molar-refractivity contribution in [1.82, 2.24) is 0 Å². The van der Waals surface area contributed by atoms with E-state index in [4.69, 9.17) is 0 Å². The molecule has 0 bridgehead atoms. The summed E-state index contributed by atoms with van der Waals surface area (Å²) in [6.07, 6.45) is 1.30. The molecule has 10 heteroatoms. The number of ketones is 1. The summed E-state index contributed by atoms with van der Waals surface area (Å²) < 4.78 is 28.5. The molecule has 0 heterocycles. The molecule has 0 fully saturated rings. The van der Waals surface area contributed by atoms with E-state index in [1.54, 1.807) is 6.92 Å². The van der Waals surface area contributed by atoms with Gasteiger partial charge in [0.2, 0.25) is 0 Å². The highest BCUT2D eigenvalue weighted by Gasteiger charge is 2.33. The molecule has 0 radical (unpaired) electrons. The normalized spacial score (nSPS) is 23.7. The zero-order chi connectivity index (χ0) is 17.4. The van der Waals surface area contributed by atoms with Gasteiger partial charge in [0.25, 0.3) is 15.7 Å². The van der Waals surface area contributed by atoms with Crippen LogP contribution in [-0.4, -0.2) is 34.5 Å². The number of carbonyl (C=O) groups excluding carboxylic acids is 1. The first kappa shape index (κ1) is 18.0. The number of hydrogen-bond acceptors (Lipinski definition) is 5. The van der Waals surface area contributed by atoms with E-state index in [0.29, 0.717) is 5.57 Å². The van der Waals surface area contributed by atoms with Gasteiger partial charge in [0.1, 0.15) is 0 Å². The molecule has 0 amide bonds. The highest BCUT2D eigenvalue weighted by Crippen LogP contribution is 2.28. The molecule has 0 aliphatic heterocycles. The topological polar surface area (TPSA) is 107 Å². The molecule has 0 unspecified atom stereocenters. The molecule has 1 aliphatic rings. The van der Waals surface area contributed by atoms with Crippen LogP contribution >= 0.6 is 31.9 Å². The Kier molecular flexibility index (Phi) is 5.17. The van der Waals surface area contributed by atoms with Crippen molar-refractivity contribution in [2.75, 3.05) is 0 Å². The Labute approximate surface area is 148 Å². The standard InChI is InChI=1S/C13H10Br2N2O5S/c1-7-5-10(18)11(14)12(15)13(7)16-23(21,22)9-4-2-3-8(6-9)17(19)20/h2-6,11-12H,1H3/t11-,12-/m1/s1. The second kappa shape index (κ2) is 6.62. The van der Waals surface area contributed by atoms with Crippen LogP contribution in [0.2, 0.25) is 0 Å². The van der Waals surface area contributed by atoms with Crippen LogP contribution in [0.25, 0.3) is 0 Å². The summed E-state index contributed by atoms with van der Waals surface area (Å²) in [6, 6.07) is 4.64. The van der Waals surface area contributed by atoms with Gasteiger partial charge in [-0.2, -0.15) is 12.8 Å². The smallest absolute Gasteiger partial charge is 0.282 e. The van der Waals surface area contributed by atoms with E-state index in [0.717, 1.165) is 6.07 Å². The van der Waals surface area contributed by atoms with Gasteiger partial charge in [-0.15, -0.1) is 0 Å². The minimum absolute atomic E-state index is 0.179. The van der Waals surface area contributed by atoms with Crippen molar-refractivity contribution in [3.63, 3.8) is 0 Å². The lowest BCUT2D eigenvalue weighted by atomic mass is 9.98. The van der Waals surface area contributed by atoms with Crippen molar-refractivity contribution in [2.24, 2.45) is 4.40 Å². The maximum atomic E-state index is 12.4. The van der Waals surface area contributed by atoms with Gasteiger partial charge in [-0.05, 0) is 24.6 Å². The lowest BCUT2D eigenvalue weighted by Gasteiger charge is -2.22. The van der Waals surface area contributed by atoms with Crippen molar-refractivity contribution in [3.05, 3.63) is 46.0 Å². The number of sulfonamides is 1. The zero-order valence-corrected chi connectivity index (χ0v) is 15.6. The number of non-ortho nitro benzene ring substituents is 1. The molecule has 0 spiro atoms. The number of hydrogen-bond donors (Lipinski definition) is 0. The summed E-state index contributed by atoms with van der Waals surface area (Å²) in [6.45, 7) is 1.58. The fraction of sp³-hybridized carbons (Fsp3) is 0.231. The van der Waals surface area contributed by atoms with E-state index in [-0.39, 0.29) is 22.1 Å². The van der Waals surface area contributed by atoms with E-state index in [1.807, 2.05) is 0 Å². The molecule has 0 N–H and O–H groups in total. The molecule has 7 nitrogen and oxygen atoms in total. The predicted molar refractivity (Wildman–Crippen MR) is 91.9 cm³/mol. The van der Waals surface area contributed by atoms with E-state index < -0.39 is 24.6 Å². The van der Waals surface area contributed by atoms with Gasteiger partial charge in [0.15, 0.2) is 5.78 Å². The highest BCUT2D eigenvalue weighted by atomic mass is 79.9. The Hall–Kier alpha value is -1.39. The second-order valence-electron chi connectivity index (χ2n) is 4.74. The van der Waals surface area contributed by atoms with E-state index in [9.17, 15) is 23.3 Å². The van der Waals surface area contributed by atoms with E-state index in [2.05, 4.69) is 36.3 Å². The summed E-state index contributed by atoms with van der Waals surface area (Å²) in [5.74, 6) is -0.198. The minimum Gasteiger partial charge on any atom is -0.294 e. The third-order valence-electron chi connectivity index (χ3n) is 3.10. The fourth-order valence-corrected chi connectivity index (χ4v) is 4.31. The van der Waals surface area contributed by atoms with Gasteiger partial charge >= 0.3 is 0 Å². The van der Waals surface area contributed by atoms with Crippen molar-refractivity contribution in [2.45, 2.75) is 21.5 Å². The molecule has 0 aromatic heterocycles. The Bertz CT molecular complexity index is 848. The van der Waals surface area contributed by atoms with Crippen LogP contribution in [0.15, 0.2) is 45.2 Å². The van der Waals surface area contributed by atoms with Gasteiger partial charge in [0, 0.05) is 12.1 Å². The van der Waals surface area contributed by atoms with Gasteiger partial charge in [-0.3, -0.25) is 14.9 Å². The highest BCUT2D eigenvalue weighted by molar-refractivity contribution is 9.12. The lowest BCUT2D eigenvalue weighted by molar-refractivity contribution is -0.385. The van der Waals surface area contributed by atoms with Crippen molar-refractivity contribution < 1.29 is 18.1 Å². The number of nitrogens with zero attached hydrogens (tertiary/aromatic N) is 2. The molecular formula is C13H10Br2N2O5S. The number of carbonyl (C=O) groups is 1. The van der Waals surface area contributed by atoms with Crippen LogP contribution < -0.4 is 0 Å². The molecule has 1 aromatic carbocycles. The quantitative estimate of drug-likeness (QED) is 0.387. The third-order valence-corrected chi connectivity index (χ3v) is 7.04. The first-order chi connectivity index (χ1) is 10.6. The summed E-state index contributed by atoms with van der Waals surface area (Å²) >= 11 is 6.43. The van der Waals surface area contributed by atoms with Crippen LogP contribution in [0.1, 0.15) is 6.92 Å². The Morgan fingerprint density at radius 2 is 1.91 bits per heavy atom. The molecule has 122 valence electrons. The Morgan fingerprint density at radius 3 is 2.52 bits per heavy atom. The summed E-state index contributed by atoms with van der Waals surface area (Å²) in [5, 5.41) is 10.8. The Balaban J connectivity index is 2.52. The molecule has 1 aromatic rings. The number of benzene rings is 1. The monoisotopic (exact) mass is 464 g/mol. The zero-order valence-electron chi connectivity index (χ0n) is 11.6. The van der Waals surface area contributed by atoms with Crippen molar-refractivity contribution in [1.29, 1.82) is 0 Å². The number of rotatable bonds is 3. The summed E-state index contributed by atoms with van der Waals surface area (Å²) in [7, 11) is -4.14. The SMILES string of the molecule is CC1=CC(=O)[C@@H](Br)[C@@H](Br)C1=NS(=O)(=O)c1cccc([N+](=O)[O-])c1. The molecule has 2 atom stereocenters. The van der Waals surface area contributed by atoms with Gasteiger partial charge in [-0.25, -0.2) is 0 Å². The average molecular weight is 466 g/mol. The fourth-order valence-electron chi connectivity index (χ4n) is 1.93. The van der Waals surface area contributed by atoms with Gasteiger partial charge < -0.3 is 0 Å². The lowest BCUT2D eigenvalue weighted by Crippen LogP contribution is -2.35. The molecule has 1 aliphatic carbocycles. The molecule has 23 heavy (non-hydrogen) atoms. The summed E-state index contributed by atoms with van der Waals surface area (Å²) in [5.41, 5.74) is 0.255. The number of halogens is 2. The molecular weight excluding hydrogens is 456 g/mol. The number of nitro benzene ring substituents is 1. The Morgan fingerprint density at radius 1 is 1.26 bits per heavy atom. The van der Waals surface area contributed by atoms with Crippen LogP contribution in [-0.2, 0) is 14.8 Å². The predicted octanol–water partition coefficient (Wildman–Crippen LogP) is 2.78. The minimum atomic E-state index is -4.14. The molecule has 0 saturated heterocycles. The summed E-state index contributed by atoms with van der Waals surface area (Å²) in [4.78, 5) is 20.2. The van der Waals surface area contributed by atoms with Gasteiger partial charge in [-0.1, -0.05) is 37.9 Å². The van der Waals surface area contributed by atoms with Gasteiger partial charge in [0.05, 0.1) is 25.2 Å². The largest absolute Gasteiger partial charge is 0.294 e. The molecule has 2 rings (SSSR count). The van der Waals surface area contributed by atoms with Crippen LogP contribution in [0.3, 0.4) is 0 Å². The average Bonchev–Trinajstić information content (AvgIpc) is 2.49. The number of nitro groups is 1. The number of allylic oxidation sites excluding steroid dienone is 2. The third kappa shape index (κ3) is 3.75.